The molecule has 2 unspecified atom stereocenters. The zero-order valence-electron chi connectivity index (χ0n) is 12.2. The lowest BCUT2D eigenvalue weighted by Gasteiger charge is -2.43. The lowest BCUT2D eigenvalue weighted by Crippen LogP contribution is -2.54. The Morgan fingerprint density at radius 1 is 1.00 bits per heavy atom. The van der Waals surface area contributed by atoms with E-state index in [2.05, 4.69) is 44.4 Å². The minimum Gasteiger partial charge on any atom is -0.295 e. The lowest BCUT2D eigenvalue weighted by atomic mass is 10.0. The molecule has 0 aliphatic carbocycles. The summed E-state index contributed by atoms with van der Waals surface area (Å²) in [6.45, 7) is 18.2. The van der Waals surface area contributed by atoms with Crippen LogP contribution in [0.1, 0.15) is 54.9 Å². The number of rotatable bonds is 1. The van der Waals surface area contributed by atoms with Crippen molar-refractivity contribution in [3.8, 4) is 0 Å². The minimum atomic E-state index is 0.364. The van der Waals surface area contributed by atoms with Gasteiger partial charge >= 0.3 is 0 Å². The van der Waals surface area contributed by atoms with Crippen molar-refractivity contribution in [3.63, 3.8) is 0 Å². The van der Waals surface area contributed by atoms with Crippen molar-refractivity contribution in [3.05, 3.63) is 0 Å². The predicted octanol–water partition coefficient (Wildman–Crippen LogP) is 2.98. The van der Waals surface area contributed by atoms with Crippen molar-refractivity contribution < 1.29 is 0 Å². The molecule has 0 radical (unpaired) electrons. The van der Waals surface area contributed by atoms with E-state index >= 15 is 0 Å². The number of hydrogen-bond acceptors (Lipinski definition) is 2. The highest BCUT2D eigenvalue weighted by Crippen LogP contribution is 2.36. The topological polar surface area (TPSA) is 6.48 Å². The molecule has 2 atom stereocenters. The first-order chi connectivity index (χ1) is 7.39. The highest BCUT2D eigenvalue weighted by atomic mass is 15.4. The fourth-order valence-corrected chi connectivity index (χ4v) is 3.15. The summed E-state index contributed by atoms with van der Waals surface area (Å²) in [5, 5.41) is 0. The van der Waals surface area contributed by atoms with Gasteiger partial charge in [-0.2, -0.15) is 0 Å². The molecule has 2 fully saturated rings. The fraction of sp³-hybridized carbons (Fsp3) is 1.00. The third-order valence-electron chi connectivity index (χ3n) is 3.81. The number of fused-ring (bicyclic) bond motifs is 2. The maximum atomic E-state index is 2.69. The van der Waals surface area contributed by atoms with Gasteiger partial charge in [0.15, 0.2) is 0 Å². The van der Waals surface area contributed by atoms with Crippen molar-refractivity contribution >= 4 is 0 Å². The van der Waals surface area contributed by atoms with Crippen LogP contribution in [0.5, 0.6) is 0 Å². The molecule has 0 saturated carbocycles. The molecule has 0 N–H and O–H groups in total. The van der Waals surface area contributed by atoms with Crippen LogP contribution in [0.2, 0.25) is 0 Å². The number of nitrogens with zero attached hydrogens (tertiary/aromatic N) is 2. The van der Waals surface area contributed by atoms with Crippen molar-refractivity contribution in [2.75, 3.05) is 13.1 Å². The number of piperazine rings is 1. The van der Waals surface area contributed by atoms with Gasteiger partial charge in [-0.1, -0.05) is 13.8 Å². The quantitative estimate of drug-likeness (QED) is 0.678. The Morgan fingerprint density at radius 2 is 1.56 bits per heavy atom. The fourth-order valence-electron chi connectivity index (χ4n) is 3.15. The van der Waals surface area contributed by atoms with Crippen LogP contribution in [0.15, 0.2) is 0 Å². The third-order valence-corrected chi connectivity index (χ3v) is 3.81. The highest BCUT2D eigenvalue weighted by molar-refractivity contribution is 5.03. The Morgan fingerprint density at radius 3 is 1.88 bits per heavy atom. The van der Waals surface area contributed by atoms with E-state index in [1.54, 1.807) is 0 Å². The zero-order valence-corrected chi connectivity index (χ0v) is 12.2. The second kappa shape index (κ2) is 5.05. The summed E-state index contributed by atoms with van der Waals surface area (Å²) in [7, 11) is 0. The van der Waals surface area contributed by atoms with E-state index in [1.165, 1.54) is 19.5 Å². The first-order valence-corrected chi connectivity index (χ1v) is 6.92. The van der Waals surface area contributed by atoms with E-state index in [9.17, 15) is 0 Å². The molecule has 0 aromatic rings. The van der Waals surface area contributed by atoms with Crippen LogP contribution < -0.4 is 0 Å². The van der Waals surface area contributed by atoms with Gasteiger partial charge in [-0.05, 0) is 41.0 Å². The van der Waals surface area contributed by atoms with E-state index in [0.717, 1.165) is 18.1 Å². The van der Waals surface area contributed by atoms with Gasteiger partial charge in [-0.25, -0.2) is 0 Å². The van der Waals surface area contributed by atoms with Crippen LogP contribution in [0, 0.1) is 0 Å². The summed E-state index contributed by atoms with van der Waals surface area (Å²) in [5.41, 5.74) is 0.364. The normalized spacial score (nSPS) is 30.8. The smallest absolute Gasteiger partial charge is 0.0244 e. The third kappa shape index (κ3) is 2.60. The van der Waals surface area contributed by atoms with E-state index in [0.29, 0.717) is 5.54 Å². The van der Waals surface area contributed by atoms with E-state index in [4.69, 9.17) is 0 Å². The Labute approximate surface area is 102 Å². The average Bonchev–Trinajstić information content (AvgIpc) is 2.77. The molecule has 2 saturated heterocycles. The van der Waals surface area contributed by atoms with E-state index < -0.39 is 0 Å². The molecule has 2 heteroatoms. The van der Waals surface area contributed by atoms with Crippen LogP contribution in [0.4, 0.5) is 0 Å². The first kappa shape index (κ1) is 14.0. The van der Waals surface area contributed by atoms with E-state index in [-0.39, 0.29) is 0 Å². The summed E-state index contributed by atoms with van der Waals surface area (Å²) in [5.74, 6) is 0. The van der Waals surface area contributed by atoms with Crippen LogP contribution in [0.25, 0.3) is 0 Å². The van der Waals surface area contributed by atoms with E-state index in [1.807, 2.05) is 13.8 Å². The van der Waals surface area contributed by atoms with Crippen molar-refractivity contribution in [1.29, 1.82) is 0 Å². The Balaban J connectivity index is 0.000000606. The van der Waals surface area contributed by atoms with Crippen molar-refractivity contribution in [2.24, 2.45) is 0 Å². The summed E-state index contributed by atoms with van der Waals surface area (Å²) < 4.78 is 0. The monoisotopic (exact) mass is 226 g/mol. The van der Waals surface area contributed by atoms with Crippen LogP contribution in [-0.2, 0) is 0 Å². The maximum Gasteiger partial charge on any atom is 0.0244 e. The summed E-state index contributed by atoms with van der Waals surface area (Å²) in [4.78, 5) is 5.36. The van der Waals surface area contributed by atoms with Crippen LogP contribution >= 0.6 is 0 Å². The van der Waals surface area contributed by atoms with Crippen LogP contribution in [0.3, 0.4) is 0 Å². The van der Waals surface area contributed by atoms with Gasteiger partial charge in [-0.3, -0.25) is 9.80 Å². The molecule has 0 aromatic carbocycles. The molecular formula is C14H30N2. The Bertz CT molecular complexity index is 217. The lowest BCUT2D eigenvalue weighted by molar-refractivity contribution is 0.0451. The summed E-state index contributed by atoms with van der Waals surface area (Å²) >= 11 is 0. The second-order valence-electron chi connectivity index (χ2n) is 6.16. The molecule has 0 spiro atoms. The molecule has 2 rings (SSSR count). The van der Waals surface area contributed by atoms with Gasteiger partial charge < -0.3 is 0 Å². The predicted molar refractivity (Wildman–Crippen MR) is 71.8 cm³/mol. The molecule has 2 nitrogen and oxygen atoms in total. The maximum absolute atomic E-state index is 2.69. The van der Waals surface area contributed by atoms with Crippen molar-refractivity contribution in [2.45, 2.75) is 78.6 Å². The molecular weight excluding hydrogens is 196 g/mol. The van der Waals surface area contributed by atoms with Crippen molar-refractivity contribution in [1.82, 2.24) is 9.80 Å². The first-order valence-electron chi connectivity index (χ1n) is 6.92. The summed E-state index contributed by atoms with van der Waals surface area (Å²) in [6, 6.07) is 2.38. The SMILES string of the molecule is CC.CC(C)N1CC2CC1CN2C(C)(C)C. The summed E-state index contributed by atoms with van der Waals surface area (Å²) in [6.07, 6.45) is 1.40. The highest BCUT2D eigenvalue weighted by Gasteiger charge is 2.47. The van der Waals surface area contributed by atoms with Crippen LogP contribution in [-0.4, -0.2) is 46.6 Å². The second-order valence-corrected chi connectivity index (χ2v) is 6.16. The van der Waals surface area contributed by atoms with Gasteiger partial charge in [0.05, 0.1) is 0 Å². The van der Waals surface area contributed by atoms with Gasteiger partial charge in [0.1, 0.15) is 0 Å². The minimum absolute atomic E-state index is 0.364. The molecule has 16 heavy (non-hydrogen) atoms. The zero-order chi connectivity index (χ0) is 12.5. The van der Waals surface area contributed by atoms with Gasteiger partial charge in [0.25, 0.3) is 0 Å². The molecule has 2 bridgehead atoms. The molecule has 0 amide bonds. The Kier molecular flexibility index (Phi) is 4.42. The average molecular weight is 226 g/mol. The molecule has 2 heterocycles. The van der Waals surface area contributed by atoms with Gasteiger partial charge in [-0.15, -0.1) is 0 Å². The number of hydrogen-bond donors (Lipinski definition) is 0. The number of likely N-dealkylation sites (tertiary alicyclic amines) is 2. The molecule has 96 valence electrons. The van der Waals surface area contributed by atoms with Gasteiger partial charge in [0, 0.05) is 36.8 Å². The Hall–Kier alpha value is -0.0800. The van der Waals surface area contributed by atoms with Gasteiger partial charge in [0.2, 0.25) is 0 Å². The standard InChI is InChI=1S/C12H24N2.C2H6/c1-9(2)13-7-11-6-10(13)8-14(11)12(3,4)5;1-2/h9-11H,6-8H2,1-5H3;1-2H3. The largest absolute Gasteiger partial charge is 0.295 e. The molecule has 0 aromatic heterocycles. The molecule has 2 aliphatic rings. The molecule has 2 aliphatic heterocycles.